The lowest BCUT2D eigenvalue weighted by molar-refractivity contribution is -0.141. The van der Waals surface area contributed by atoms with Crippen molar-refractivity contribution in [3.8, 4) is 11.3 Å². The maximum absolute atomic E-state index is 12.9. The summed E-state index contributed by atoms with van der Waals surface area (Å²) in [5, 5.41) is 0. The third-order valence-corrected chi connectivity index (χ3v) is 2.76. The van der Waals surface area contributed by atoms with Crippen molar-refractivity contribution in [1.82, 2.24) is 9.55 Å². The Morgan fingerprint density at radius 3 is 2.30 bits per heavy atom. The highest BCUT2D eigenvalue weighted by molar-refractivity contribution is 5.59. The fourth-order valence-electron chi connectivity index (χ4n) is 1.82. The lowest BCUT2D eigenvalue weighted by Gasteiger charge is -2.13. The minimum absolute atomic E-state index is 0.0554. The van der Waals surface area contributed by atoms with Gasteiger partial charge in [0, 0.05) is 6.54 Å². The van der Waals surface area contributed by atoms with E-state index in [1.165, 1.54) is 12.1 Å². The van der Waals surface area contributed by atoms with Crippen molar-refractivity contribution in [1.29, 1.82) is 0 Å². The number of rotatable bonds is 2. The fraction of sp³-hybridized carbons (Fsp3) is 0.231. The van der Waals surface area contributed by atoms with Gasteiger partial charge in [-0.25, -0.2) is 9.18 Å². The molecule has 0 N–H and O–H groups in total. The first-order valence-electron chi connectivity index (χ1n) is 5.78. The lowest BCUT2D eigenvalue weighted by atomic mass is 10.1. The molecule has 3 nitrogen and oxygen atoms in total. The van der Waals surface area contributed by atoms with Crippen molar-refractivity contribution >= 4 is 0 Å². The Labute approximate surface area is 111 Å². The Morgan fingerprint density at radius 1 is 1.20 bits per heavy atom. The zero-order valence-electron chi connectivity index (χ0n) is 10.4. The topological polar surface area (TPSA) is 34.9 Å². The molecule has 0 atom stereocenters. The van der Waals surface area contributed by atoms with Gasteiger partial charge in [0.2, 0.25) is 0 Å². The summed E-state index contributed by atoms with van der Waals surface area (Å²) in [6, 6.07) is 5.66. The monoisotopic (exact) mass is 286 g/mol. The normalized spacial score (nSPS) is 11.7. The second kappa shape index (κ2) is 5.07. The van der Waals surface area contributed by atoms with Crippen LogP contribution in [0.3, 0.4) is 0 Å². The molecule has 1 heterocycles. The van der Waals surface area contributed by atoms with Crippen LogP contribution in [0.4, 0.5) is 17.6 Å². The molecule has 7 heteroatoms. The van der Waals surface area contributed by atoms with Gasteiger partial charge in [0.15, 0.2) is 5.69 Å². The van der Waals surface area contributed by atoms with Crippen LogP contribution >= 0.6 is 0 Å². The van der Waals surface area contributed by atoms with Crippen LogP contribution in [0.2, 0.25) is 0 Å². The molecule has 0 spiro atoms. The van der Waals surface area contributed by atoms with Crippen molar-refractivity contribution in [3.05, 3.63) is 52.3 Å². The first kappa shape index (κ1) is 14.2. The number of alkyl halides is 3. The van der Waals surface area contributed by atoms with Gasteiger partial charge in [0.25, 0.3) is 0 Å². The summed E-state index contributed by atoms with van der Waals surface area (Å²) in [7, 11) is 0. The molecule has 0 aliphatic rings. The highest BCUT2D eigenvalue weighted by Crippen LogP contribution is 2.29. The van der Waals surface area contributed by atoms with Crippen LogP contribution in [0.1, 0.15) is 12.6 Å². The van der Waals surface area contributed by atoms with Crippen molar-refractivity contribution in [3.63, 3.8) is 0 Å². The van der Waals surface area contributed by atoms with Crippen LogP contribution in [0.15, 0.2) is 35.1 Å². The molecule has 1 aromatic carbocycles. The Kier molecular flexibility index (Phi) is 3.61. The zero-order chi connectivity index (χ0) is 14.9. The van der Waals surface area contributed by atoms with Gasteiger partial charge in [-0.1, -0.05) is 0 Å². The van der Waals surface area contributed by atoms with E-state index in [0.29, 0.717) is 5.56 Å². The molecule has 1 aromatic heterocycles. The van der Waals surface area contributed by atoms with E-state index in [1.54, 1.807) is 6.92 Å². The van der Waals surface area contributed by atoms with Gasteiger partial charge in [-0.2, -0.15) is 18.2 Å². The fourth-order valence-corrected chi connectivity index (χ4v) is 1.82. The van der Waals surface area contributed by atoms with E-state index in [4.69, 9.17) is 0 Å². The van der Waals surface area contributed by atoms with E-state index in [-0.39, 0.29) is 12.2 Å². The first-order chi connectivity index (χ1) is 9.32. The molecule has 0 aliphatic carbocycles. The van der Waals surface area contributed by atoms with E-state index in [1.807, 2.05) is 0 Å². The quantitative estimate of drug-likeness (QED) is 0.795. The summed E-state index contributed by atoms with van der Waals surface area (Å²) in [5.41, 5.74) is -1.87. The van der Waals surface area contributed by atoms with E-state index in [0.717, 1.165) is 22.8 Å². The molecule has 2 aromatic rings. The smallest absolute Gasteiger partial charge is 0.292 e. The average Bonchev–Trinajstić information content (AvgIpc) is 2.37. The van der Waals surface area contributed by atoms with E-state index in [9.17, 15) is 22.4 Å². The highest BCUT2D eigenvalue weighted by atomic mass is 19.4. The molecule has 0 saturated carbocycles. The van der Waals surface area contributed by atoms with Crippen LogP contribution in [0.5, 0.6) is 0 Å². The van der Waals surface area contributed by atoms with E-state index in [2.05, 4.69) is 4.98 Å². The average molecular weight is 286 g/mol. The molecule has 0 aliphatic heterocycles. The van der Waals surface area contributed by atoms with E-state index < -0.39 is 23.4 Å². The second-order valence-corrected chi connectivity index (χ2v) is 4.06. The van der Waals surface area contributed by atoms with E-state index >= 15 is 0 Å². The van der Waals surface area contributed by atoms with Crippen LogP contribution in [0.25, 0.3) is 11.3 Å². The summed E-state index contributed by atoms with van der Waals surface area (Å²) in [5.74, 6) is -0.510. The summed E-state index contributed by atoms with van der Waals surface area (Å²) < 4.78 is 52.0. The summed E-state index contributed by atoms with van der Waals surface area (Å²) >= 11 is 0. The van der Waals surface area contributed by atoms with Crippen LogP contribution in [-0.2, 0) is 12.7 Å². The molecule has 0 bridgehead atoms. The number of benzene rings is 1. The number of hydrogen-bond donors (Lipinski definition) is 0. The Bertz CT molecular complexity index is 674. The van der Waals surface area contributed by atoms with Gasteiger partial charge in [0.05, 0.1) is 5.69 Å². The highest BCUT2D eigenvalue weighted by Gasteiger charge is 2.34. The number of aromatic nitrogens is 2. The summed E-state index contributed by atoms with van der Waals surface area (Å²) in [4.78, 5) is 14.7. The molecule has 0 radical (unpaired) electrons. The minimum atomic E-state index is -4.71. The molecule has 20 heavy (non-hydrogen) atoms. The largest absolute Gasteiger partial charge is 0.433 e. The van der Waals surface area contributed by atoms with Gasteiger partial charge in [-0.15, -0.1) is 0 Å². The molecule has 0 saturated heterocycles. The van der Waals surface area contributed by atoms with Crippen LogP contribution in [-0.4, -0.2) is 9.55 Å². The van der Waals surface area contributed by atoms with Crippen molar-refractivity contribution < 1.29 is 17.6 Å². The molecule has 2 rings (SSSR count). The molecular formula is C13H10F4N2O. The molecule has 106 valence electrons. The zero-order valence-corrected chi connectivity index (χ0v) is 10.4. The molecule has 0 unspecified atom stereocenters. The van der Waals surface area contributed by atoms with Gasteiger partial charge >= 0.3 is 11.9 Å². The predicted molar refractivity (Wildman–Crippen MR) is 64.6 cm³/mol. The maximum Gasteiger partial charge on any atom is 0.433 e. The van der Waals surface area contributed by atoms with Crippen molar-refractivity contribution in [2.24, 2.45) is 0 Å². The van der Waals surface area contributed by atoms with Crippen molar-refractivity contribution in [2.75, 3.05) is 0 Å². The van der Waals surface area contributed by atoms with Crippen LogP contribution in [0, 0.1) is 5.82 Å². The second-order valence-electron chi connectivity index (χ2n) is 4.06. The van der Waals surface area contributed by atoms with Gasteiger partial charge in [-0.05, 0) is 42.8 Å². The van der Waals surface area contributed by atoms with Gasteiger partial charge in [0.1, 0.15) is 5.82 Å². The number of halogens is 4. The molecule has 0 amide bonds. The van der Waals surface area contributed by atoms with Gasteiger partial charge < -0.3 is 0 Å². The molecular weight excluding hydrogens is 276 g/mol. The van der Waals surface area contributed by atoms with Crippen LogP contribution < -0.4 is 5.69 Å². The SMILES string of the molecule is CCn1c(-c2ccc(F)cc2)cc(C(F)(F)F)nc1=O. The lowest BCUT2D eigenvalue weighted by Crippen LogP contribution is -2.27. The first-order valence-corrected chi connectivity index (χ1v) is 5.78. The Balaban J connectivity index is 2.69. The third kappa shape index (κ3) is 2.71. The Morgan fingerprint density at radius 2 is 1.80 bits per heavy atom. The summed E-state index contributed by atoms with van der Waals surface area (Å²) in [6.45, 7) is 1.78. The van der Waals surface area contributed by atoms with Crippen molar-refractivity contribution in [2.45, 2.75) is 19.6 Å². The maximum atomic E-state index is 12.9. The number of hydrogen-bond acceptors (Lipinski definition) is 2. The minimum Gasteiger partial charge on any atom is -0.292 e. The third-order valence-electron chi connectivity index (χ3n) is 2.76. The Hall–Kier alpha value is -2.18. The molecule has 0 fully saturated rings. The number of nitrogens with zero attached hydrogens (tertiary/aromatic N) is 2. The predicted octanol–water partition coefficient (Wildman–Crippen LogP) is 3.09. The van der Waals surface area contributed by atoms with Gasteiger partial charge in [-0.3, -0.25) is 4.57 Å². The summed E-state index contributed by atoms with van der Waals surface area (Å²) in [6.07, 6.45) is -4.71. The standard InChI is InChI=1S/C13H10F4N2O/c1-2-19-10(8-3-5-9(14)6-4-8)7-11(13(15,16)17)18-12(19)20/h3-7H,2H2,1H3.